The van der Waals surface area contributed by atoms with Crippen molar-refractivity contribution in [3.8, 4) is 0 Å². The second kappa shape index (κ2) is 8.40. The number of carbonyl (C=O) groups is 3. The molecule has 31 heavy (non-hydrogen) atoms. The third kappa shape index (κ3) is 3.66. The van der Waals surface area contributed by atoms with Gasteiger partial charge in [0.25, 0.3) is 5.91 Å². The van der Waals surface area contributed by atoms with Crippen LogP contribution in [0.25, 0.3) is 11.3 Å². The van der Waals surface area contributed by atoms with Crippen LogP contribution in [0.1, 0.15) is 40.9 Å². The average Bonchev–Trinajstić information content (AvgIpc) is 3.09. The van der Waals surface area contributed by atoms with Crippen LogP contribution in [0.2, 0.25) is 0 Å². The van der Waals surface area contributed by atoms with E-state index in [1.807, 2.05) is 43.3 Å². The SMILES string of the molecule is CCO/C(=C1/C(=O)N(C(C)=O)c2ccc(C(=O)c3ccccc3)cc21)c1ccccc1. The van der Waals surface area contributed by atoms with Crippen LogP contribution in [-0.4, -0.2) is 24.2 Å². The molecule has 1 aliphatic heterocycles. The maximum absolute atomic E-state index is 13.3. The summed E-state index contributed by atoms with van der Waals surface area (Å²) in [5.41, 5.74) is 2.95. The number of imide groups is 1. The van der Waals surface area contributed by atoms with Crippen LogP contribution in [0.4, 0.5) is 5.69 Å². The van der Waals surface area contributed by atoms with Crippen molar-refractivity contribution >= 4 is 34.6 Å². The van der Waals surface area contributed by atoms with Crippen LogP contribution in [0, 0.1) is 0 Å². The summed E-state index contributed by atoms with van der Waals surface area (Å²) < 4.78 is 5.89. The zero-order valence-electron chi connectivity index (χ0n) is 17.3. The number of hydrogen-bond donors (Lipinski definition) is 0. The van der Waals surface area contributed by atoms with E-state index in [0.717, 1.165) is 10.5 Å². The summed E-state index contributed by atoms with van der Waals surface area (Å²) in [7, 11) is 0. The molecule has 0 aliphatic carbocycles. The fourth-order valence-corrected chi connectivity index (χ4v) is 3.73. The van der Waals surface area contributed by atoms with Gasteiger partial charge >= 0.3 is 0 Å². The van der Waals surface area contributed by atoms with E-state index in [4.69, 9.17) is 4.74 Å². The zero-order valence-corrected chi connectivity index (χ0v) is 17.3. The molecule has 0 saturated heterocycles. The van der Waals surface area contributed by atoms with E-state index < -0.39 is 11.8 Å². The number of ketones is 1. The number of anilines is 1. The molecule has 0 bridgehead atoms. The van der Waals surface area contributed by atoms with Crippen LogP contribution in [0.5, 0.6) is 0 Å². The first-order valence-electron chi connectivity index (χ1n) is 10.0. The van der Waals surface area contributed by atoms with Crippen molar-refractivity contribution in [1.82, 2.24) is 0 Å². The third-order valence-electron chi connectivity index (χ3n) is 5.09. The Balaban J connectivity index is 1.94. The number of amides is 2. The van der Waals surface area contributed by atoms with Crippen molar-refractivity contribution in [2.45, 2.75) is 13.8 Å². The quantitative estimate of drug-likeness (QED) is 0.346. The van der Waals surface area contributed by atoms with Crippen molar-refractivity contribution in [2.24, 2.45) is 0 Å². The van der Waals surface area contributed by atoms with Crippen LogP contribution >= 0.6 is 0 Å². The number of ether oxygens (including phenoxy) is 1. The predicted octanol–water partition coefficient (Wildman–Crippen LogP) is 4.72. The van der Waals surface area contributed by atoms with Crippen molar-refractivity contribution in [3.63, 3.8) is 0 Å². The van der Waals surface area contributed by atoms with Gasteiger partial charge < -0.3 is 4.74 Å². The van der Waals surface area contributed by atoms with Crippen LogP contribution in [0.3, 0.4) is 0 Å². The molecule has 3 aromatic rings. The van der Waals surface area contributed by atoms with E-state index in [0.29, 0.717) is 34.7 Å². The molecule has 0 radical (unpaired) electrons. The fraction of sp³-hybridized carbons (Fsp3) is 0.115. The van der Waals surface area contributed by atoms with E-state index >= 15 is 0 Å². The summed E-state index contributed by atoms with van der Waals surface area (Å²) in [5, 5.41) is 0. The molecule has 0 atom stereocenters. The van der Waals surface area contributed by atoms with Gasteiger partial charge in [-0.3, -0.25) is 14.4 Å². The lowest BCUT2D eigenvalue weighted by atomic mass is 9.96. The number of fused-ring (bicyclic) bond motifs is 1. The fourth-order valence-electron chi connectivity index (χ4n) is 3.73. The molecule has 0 aromatic heterocycles. The monoisotopic (exact) mass is 411 g/mol. The Kier molecular flexibility index (Phi) is 5.50. The Morgan fingerprint density at radius 1 is 0.839 bits per heavy atom. The highest BCUT2D eigenvalue weighted by atomic mass is 16.5. The standard InChI is InChI=1S/C26H21NO4/c1-3-31-25(19-12-8-5-9-13-19)23-21-16-20(24(29)18-10-6-4-7-11-18)14-15-22(21)27(17(2)28)26(23)30/h4-16H,3H2,1-2H3/b25-23+. The highest BCUT2D eigenvalue weighted by Crippen LogP contribution is 2.42. The lowest BCUT2D eigenvalue weighted by molar-refractivity contribution is -0.122. The first-order chi connectivity index (χ1) is 15.0. The summed E-state index contributed by atoms with van der Waals surface area (Å²) in [6.45, 7) is 3.53. The smallest absolute Gasteiger partial charge is 0.269 e. The molecule has 0 saturated carbocycles. The van der Waals surface area contributed by atoms with E-state index in [2.05, 4.69) is 0 Å². The van der Waals surface area contributed by atoms with E-state index in [9.17, 15) is 14.4 Å². The normalized spacial score (nSPS) is 14.3. The van der Waals surface area contributed by atoms with Gasteiger partial charge in [0.05, 0.1) is 17.9 Å². The van der Waals surface area contributed by atoms with Gasteiger partial charge in [-0.1, -0.05) is 60.7 Å². The van der Waals surface area contributed by atoms with Crippen LogP contribution < -0.4 is 4.90 Å². The minimum Gasteiger partial charge on any atom is -0.492 e. The molecule has 5 heteroatoms. The second-order valence-corrected chi connectivity index (χ2v) is 7.09. The van der Waals surface area contributed by atoms with Gasteiger partial charge in [0.15, 0.2) is 5.78 Å². The Hall–Kier alpha value is -3.99. The minimum atomic E-state index is -0.459. The summed E-state index contributed by atoms with van der Waals surface area (Å²) in [5.74, 6) is -0.622. The summed E-state index contributed by atoms with van der Waals surface area (Å²) in [6.07, 6.45) is 0. The highest BCUT2D eigenvalue weighted by molar-refractivity contribution is 6.43. The van der Waals surface area contributed by atoms with Gasteiger partial charge in [-0.25, -0.2) is 4.90 Å². The summed E-state index contributed by atoms with van der Waals surface area (Å²) in [6, 6.07) is 23.2. The summed E-state index contributed by atoms with van der Waals surface area (Å²) in [4.78, 5) is 39.8. The molecule has 154 valence electrons. The average molecular weight is 411 g/mol. The first kappa shape index (κ1) is 20.3. The van der Waals surface area contributed by atoms with Crippen molar-refractivity contribution in [1.29, 1.82) is 0 Å². The molecule has 3 aromatic carbocycles. The van der Waals surface area contributed by atoms with Crippen molar-refractivity contribution in [3.05, 3.63) is 101 Å². The van der Waals surface area contributed by atoms with Crippen LogP contribution in [-0.2, 0) is 14.3 Å². The molecule has 0 unspecified atom stereocenters. The van der Waals surface area contributed by atoms with Gasteiger partial charge in [0.1, 0.15) is 5.76 Å². The summed E-state index contributed by atoms with van der Waals surface area (Å²) >= 11 is 0. The predicted molar refractivity (Wildman–Crippen MR) is 119 cm³/mol. The van der Waals surface area contributed by atoms with Gasteiger partial charge in [-0.15, -0.1) is 0 Å². The van der Waals surface area contributed by atoms with Crippen molar-refractivity contribution < 1.29 is 19.1 Å². The van der Waals surface area contributed by atoms with Gasteiger partial charge in [-0.2, -0.15) is 0 Å². The molecule has 5 nitrogen and oxygen atoms in total. The Morgan fingerprint density at radius 3 is 2.03 bits per heavy atom. The maximum Gasteiger partial charge on any atom is 0.269 e. The van der Waals surface area contributed by atoms with Crippen molar-refractivity contribution in [2.75, 3.05) is 11.5 Å². The van der Waals surface area contributed by atoms with E-state index in [1.165, 1.54) is 6.92 Å². The zero-order chi connectivity index (χ0) is 22.0. The molecule has 4 rings (SSSR count). The number of nitrogens with zero attached hydrogens (tertiary/aromatic N) is 1. The van der Waals surface area contributed by atoms with Gasteiger partial charge in [0, 0.05) is 29.2 Å². The number of carbonyl (C=O) groups excluding carboxylic acids is 3. The second-order valence-electron chi connectivity index (χ2n) is 7.09. The molecule has 0 spiro atoms. The Morgan fingerprint density at radius 2 is 1.45 bits per heavy atom. The number of benzene rings is 3. The molecule has 0 fully saturated rings. The molecular formula is C26H21NO4. The van der Waals surface area contributed by atoms with E-state index in [1.54, 1.807) is 42.5 Å². The minimum absolute atomic E-state index is 0.158. The van der Waals surface area contributed by atoms with Gasteiger partial charge in [0.2, 0.25) is 5.91 Å². The Labute approximate surface area is 180 Å². The third-order valence-corrected chi connectivity index (χ3v) is 5.09. The molecule has 1 aliphatic rings. The number of hydrogen-bond acceptors (Lipinski definition) is 4. The first-order valence-corrected chi connectivity index (χ1v) is 10.0. The molecule has 1 heterocycles. The molecular weight excluding hydrogens is 390 g/mol. The highest BCUT2D eigenvalue weighted by Gasteiger charge is 2.38. The largest absolute Gasteiger partial charge is 0.492 e. The Bertz CT molecular complexity index is 1200. The molecule has 2 amide bonds. The molecule has 0 N–H and O–H groups in total. The van der Waals surface area contributed by atoms with Gasteiger partial charge in [-0.05, 0) is 25.1 Å². The maximum atomic E-state index is 13.3. The lowest BCUT2D eigenvalue weighted by Gasteiger charge is -2.13. The lowest BCUT2D eigenvalue weighted by Crippen LogP contribution is -2.31. The topological polar surface area (TPSA) is 63.7 Å². The van der Waals surface area contributed by atoms with E-state index in [-0.39, 0.29) is 11.4 Å². The van der Waals surface area contributed by atoms with Crippen LogP contribution in [0.15, 0.2) is 78.9 Å². The number of rotatable bonds is 5.